The lowest BCUT2D eigenvalue weighted by molar-refractivity contribution is 0.590. The third kappa shape index (κ3) is 4.31. The third-order valence-electron chi connectivity index (χ3n) is 6.05. The molecule has 32 heavy (non-hydrogen) atoms. The highest BCUT2D eigenvalue weighted by Crippen LogP contribution is 2.28. The molecule has 3 rings (SSSR count). The summed E-state index contributed by atoms with van der Waals surface area (Å²) < 4.78 is 43.6. The van der Waals surface area contributed by atoms with Crippen LogP contribution in [0.1, 0.15) is 44.7 Å². The Hall–Kier alpha value is -2.67. The monoisotopic (exact) mass is 458 g/mol. The SMILES string of the molecule is CCCCn1cc(S(=O)(=O)c2ccc(C)c(C)c2)c(=O)c2cc(F)c(N(CC)CC)cc21. The minimum absolute atomic E-state index is 0.0688. The van der Waals surface area contributed by atoms with Crippen molar-refractivity contribution in [3.63, 3.8) is 0 Å². The predicted octanol–water partition coefficient (Wildman–Crippen LogP) is 5.24. The first-order valence-electron chi connectivity index (χ1n) is 11.1. The molecule has 5 nitrogen and oxygen atoms in total. The van der Waals surface area contributed by atoms with Crippen molar-refractivity contribution in [1.82, 2.24) is 4.57 Å². The molecule has 7 heteroatoms. The highest BCUT2D eigenvalue weighted by molar-refractivity contribution is 7.91. The first-order chi connectivity index (χ1) is 15.1. The van der Waals surface area contributed by atoms with Crippen molar-refractivity contribution in [2.24, 2.45) is 0 Å². The summed E-state index contributed by atoms with van der Waals surface area (Å²) in [6, 6.07) is 7.68. The number of benzene rings is 2. The van der Waals surface area contributed by atoms with E-state index in [0.717, 1.165) is 24.0 Å². The van der Waals surface area contributed by atoms with Gasteiger partial charge >= 0.3 is 0 Å². The van der Waals surface area contributed by atoms with Crippen molar-refractivity contribution < 1.29 is 12.8 Å². The molecule has 0 amide bonds. The summed E-state index contributed by atoms with van der Waals surface area (Å²) in [5.74, 6) is -0.527. The van der Waals surface area contributed by atoms with E-state index >= 15 is 4.39 Å². The van der Waals surface area contributed by atoms with Gasteiger partial charge in [0.1, 0.15) is 10.7 Å². The highest BCUT2D eigenvalue weighted by Gasteiger charge is 2.25. The molecule has 3 aromatic rings. The lowest BCUT2D eigenvalue weighted by Gasteiger charge is -2.23. The van der Waals surface area contributed by atoms with Crippen LogP contribution in [-0.4, -0.2) is 26.1 Å². The Kier molecular flexibility index (Phi) is 7.08. The molecule has 0 bridgehead atoms. The first kappa shape index (κ1) is 24.0. The standard InChI is InChI=1S/C25H31FN2O3S/c1-6-9-12-28-16-24(32(30,31)19-11-10-17(4)18(5)13-19)25(29)20-14-21(26)23(15-22(20)28)27(7-2)8-3/h10-11,13-16H,6-9,12H2,1-5H3. The fourth-order valence-electron chi connectivity index (χ4n) is 3.89. The van der Waals surface area contributed by atoms with Gasteiger partial charge in [-0.2, -0.15) is 0 Å². The maximum atomic E-state index is 15.0. The van der Waals surface area contributed by atoms with Crippen molar-refractivity contribution in [3.05, 3.63) is 63.7 Å². The van der Waals surface area contributed by atoms with E-state index in [0.29, 0.717) is 30.8 Å². The molecule has 0 fully saturated rings. The number of rotatable bonds is 8. The van der Waals surface area contributed by atoms with Gasteiger partial charge in [-0.3, -0.25) is 4.79 Å². The van der Waals surface area contributed by atoms with E-state index in [9.17, 15) is 13.2 Å². The van der Waals surface area contributed by atoms with Gasteiger partial charge in [0.2, 0.25) is 15.3 Å². The van der Waals surface area contributed by atoms with Crippen LogP contribution in [0.2, 0.25) is 0 Å². The topological polar surface area (TPSA) is 59.4 Å². The average molecular weight is 459 g/mol. The van der Waals surface area contributed by atoms with Gasteiger partial charge < -0.3 is 9.47 Å². The molecule has 172 valence electrons. The molecule has 0 aliphatic heterocycles. The molecule has 0 saturated heterocycles. The van der Waals surface area contributed by atoms with E-state index in [2.05, 4.69) is 0 Å². The number of nitrogens with zero attached hydrogens (tertiary/aromatic N) is 2. The van der Waals surface area contributed by atoms with Gasteiger partial charge in [-0.05, 0) is 69.5 Å². The van der Waals surface area contributed by atoms with Crippen LogP contribution < -0.4 is 10.3 Å². The molecule has 0 atom stereocenters. The Morgan fingerprint density at radius 3 is 2.28 bits per heavy atom. The molecule has 0 radical (unpaired) electrons. The number of fused-ring (bicyclic) bond motifs is 1. The minimum Gasteiger partial charge on any atom is -0.370 e. The Bertz CT molecular complexity index is 1310. The normalized spacial score (nSPS) is 11.8. The van der Waals surface area contributed by atoms with Crippen LogP contribution in [-0.2, 0) is 16.4 Å². The van der Waals surface area contributed by atoms with Crippen LogP contribution >= 0.6 is 0 Å². The number of aryl methyl sites for hydroxylation is 3. The quantitative estimate of drug-likeness (QED) is 0.463. The fourth-order valence-corrected chi connectivity index (χ4v) is 5.35. The summed E-state index contributed by atoms with van der Waals surface area (Å²) in [4.78, 5) is 15.0. The molecule has 0 saturated carbocycles. The second kappa shape index (κ2) is 9.45. The van der Waals surface area contributed by atoms with Crippen LogP contribution in [0, 0.1) is 19.7 Å². The molecule has 2 aromatic carbocycles. The predicted molar refractivity (Wildman–Crippen MR) is 128 cm³/mol. The number of hydrogen-bond donors (Lipinski definition) is 0. The van der Waals surface area contributed by atoms with E-state index in [1.165, 1.54) is 18.3 Å². The summed E-state index contributed by atoms with van der Waals surface area (Å²) in [5.41, 5.74) is 2.08. The number of halogens is 1. The summed E-state index contributed by atoms with van der Waals surface area (Å²) in [6.45, 7) is 11.4. The highest BCUT2D eigenvalue weighted by atomic mass is 32.2. The van der Waals surface area contributed by atoms with Gasteiger partial charge in [-0.25, -0.2) is 12.8 Å². The Morgan fingerprint density at radius 1 is 1.00 bits per heavy atom. The second-order valence-electron chi connectivity index (χ2n) is 8.11. The van der Waals surface area contributed by atoms with Crippen molar-refractivity contribution in [2.75, 3.05) is 18.0 Å². The van der Waals surface area contributed by atoms with Gasteiger partial charge in [-0.15, -0.1) is 0 Å². The van der Waals surface area contributed by atoms with Crippen molar-refractivity contribution >= 4 is 26.4 Å². The molecule has 1 heterocycles. The summed E-state index contributed by atoms with van der Waals surface area (Å²) in [6.07, 6.45) is 3.13. The molecular weight excluding hydrogens is 427 g/mol. The van der Waals surface area contributed by atoms with Crippen molar-refractivity contribution in [2.45, 2.75) is 63.8 Å². The number of hydrogen-bond acceptors (Lipinski definition) is 4. The van der Waals surface area contributed by atoms with E-state index < -0.39 is 21.1 Å². The zero-order chi connectivity index (χ0) is 23.6. The van der Waals surface area contributed by atoms with Crippen molar-refractivity contribution in [3.8, 4) is 0 Å². The molecule has 0 aliphatic carbocycles. The minimum atomic E-state index is -4.06. The molecule has 0 aliphatic rings. The van der Waals surface area contributed by atoms with Gasteiger partial charge in [0.15, 0.2) is 0 Å². The number of aromatic nitrogens is 1. The second-order valence-corrected chi connectivity index (χ2v) is 10.0. The van der Waals surface area contributed by atoms with E-state index in [1.807, 2.05) is 39.5 Å². The van der Waals surface area contributed by atoms with Crippen LogP contribution in [0.25, 0.3) is 10.9 Å². The van der Waals surface area contributed by atoms with E-state index in [1.54, 1.807) is 22.8 Å². The van der Waals surface area contributed by atoms with E-state index in [4.69, 9.17) is 0 Å². The molecule has 1 aromatic heterocycles. The summed E-state index contributed by atoms with van der Waals surface area (Å²) in [7, 11) is -4.06. The Balaban J connectivity index is 2.33. The molecule has 0 unspecified atom stereocenters. The Labute approximate surface area is 189 Å². The molecule has 0 spiro atoms. The summed E-state index contributed by atoms with van der Waals surface area (Å²) in [5, 5.41) is 0.0828. The number of anilines is 1. The summed E-state index contributed by atoms with van der Waals surface area (Å²) >= 11 is 0. The largest absolute Gasteiger partial charge is 0.370 e. The maximum absolute atomic E-state index is 15.0. The lowest BCUT2D eigenvalue weighted by Crippen LogP contribution is -2.24. The van der Waals surface area contributed by atoms with Crippen molar-refractivity contribution in [1.29, 1.82) is 0 Å². The fraction of sp³-hybridized carbons (Fsp3) is 0.400. The van der Waals surface area contributed by atoms with Gasteiger partial charge in [0.05, 0.1) is 21.5 Å². The zero-order valence-corrected chi connectivity index (χ0v) is 20.2. The number of unbranched alkanes of at least 4 members (excludes halogenated alkanes) is 1. The van der Waals surface area contributed by atoms with Crippen LogP contribution in [0.3, 0.4) is 0 Å². The third-order valence-corrected chi connectivity index (χ3v) is 7.80. The lowest BCUT2D eigenvalue weighted by atomic mass is 10.1. The van der Waals surface area contributed by atoms with Crippen LogP contribution in [0.5, 0.6) is 0 Å². The molecule has 0 N–H and O–H groups in total. The van der Waals surface area contributed by atoms with Crippen LogP contribution in [0.4, 0.5) is 10.1 Å². The number of sulfone groups is 1. The van der Waals surface area contributed by atoms with Gasteiger partial charge in [0.25, 0.3) is 0 Å². The van der Waals surface area contributed by atoms with Gasteiger partial charge in [-0.1, -0.05) is 19.4 Å². The maximum Gasteiger partial charge on any atom is 0.211 e. The Morgan fingerprint density at radius 2 is 1.69 bits per heavy atom. The smallest absolute Gasteiger partial charge is 0.211 e. The van der Waals surface area contributed by atoms with Gasteiger partial charge in [0, 0.05) is 25.8 Å². The van der Waals surface area contributed by atoms with E-state index in [-0.39, 0.29) is 15.2 Å². The zero-order valence-electron chi connectivity index (χ0n) is 19.4. The first-order valence-corrected chi connectivity index (χ1v) is 12.6. The molecular formula is C25H31FN2O3S. The average Bonchev–Trinajstić information content (AvgIpc) is 2.76. The number of pyridine rings is 1. The van der Waals surface area contributed by atoms with Crippen LogP contribution in [0.15, 0.2) is 51.1 Å².